The van der Waals surface area contributed by atoms with E-state index >= 15 is 0 Å². The van der Waals surface area contributed by atoms with Crippen LogP contribution in [0, 0.1) is 0 Å². The van der Waals surface area contributed by atoms with Gasteiger partial charge in [-0.1, -0.05) is 60.7 Å². The number of aryl methyl sites for hydroxylation is 1. The Kier molecular flexibility index (Phi) is 6.65. The molecule has 0 saturated heterocycles. The number of ketones is 1. The summed E-state index contributed by atoms with van der Waals surface area (Å²) in [5.74, 6) is 0.566. The third-order valence-corrected chi connectivity index (χ3v) is 4.82. The van der Waals surface area contributed by atoms with Crippen LogP contribution in [0.15, 0.2) is 60.7 Å². The van der Waals surface area contributed by atoms with Crippen LogP contribution in [0.5, 0.6) is 0 Å². The van der Waals surface area contributed by atoms with Crippen molar-refractivity contribution < 1.29 is 9.35 Å². The molecule has 116 valence electrons. The fourth-order valence-electron chi connectivity index (χ4n) is 2.15. The lowest BCUT2D eigenvalue weighted by Crippen LogP contribution is -2.33. The molecule has 2 aromatic rings. The van der Waals surface area contributed by atoms with Gasteiger partial charge in [-0.15, -0.1) is 4.31 Å². The quantitative estimate of drug-likeness (QED) is 0.703. The Morgan fingerprint density at radius 1 is 1.00 bits per heavy atom. The highest BCUT2D eigenvalue weighted by Gasteiger charge is 2.18. The minimum Gasteiger partial charge on any atom is -0.598 e. The molecule has 0 aromatic heterocycles. The number of nitrogens with zero attached hydrogens (tertiary/aromatic N) is 1. The van der Waals surface area contributed by atoms with Gasteiger partial charge in [0.2, 0.25) is 0 Å². The maximum Gasteiger partial charge on any atom is 0.151 e. The normalized spacial score (nSPS) is 12.3. The van der Waals surface area contributed by atoms with Gasteiger partial charge in [0, 0.05) is 30.4 Å². The SMILES string of the molecule is CN(CC(=O)CCc1ccccc1)[S+]([O-])Cc1ccccc1. The van der Waals surface area contributed by atoms with Gasteiger partial charge in [0.05, 0.1) is 0 Å². The smallest absolute Gasteiger partial charge is 0.151 e. The van der Waals surface area contributed by atoms with Gasteiger partial charge < -0.3 is 4.55 Å². The zero-order valence-electron chi connectivity index (χ0n) is 12.8. The molecule has 0 aliphatic carbocycles. The molecule has 0 saturated carbocycles. The van der Waals surface area contributed by atoms with Gasteiger partial charge in [-0.2, -0.15) is 0 Å². The van der Waals surface area contributed by atoms with Gasteiger partial charge in [0.25, 0.3) is 0 Å². The first-order valence-electron chi connectivity index (χ1n) is 7.34. The highest BCUT2D eigenvalue weighted by molar-refractivity contribution is 7.88. The van der Waals surface area contributed by atoms with Crippen LogP contribution in [0.2, 0.25) is 0 Å². The highest BCUT2D eigenvalue weighted by atomic mass is 32.2. The first-order valence-corrected chi connectivity index (χ1v) is 8.62. The van der Waals surface area contributed by atoms with Crippen LogP contribution in [0.1, 0.15) is 17.5 Å². The fourth-order valence-corrected chi connectivity index (χ4v) is 3.14. The number of hydrogen-bond acceptors (Lipinski definition) is 3. The number of carbonyl (C=O) groups excluding carboxylic acids is 1. The van der Waals surface area contributed by atoms with Crippen LogP contribution in [0.4, 0.5) is 0 Å². The Balaban J connectivity index is 1.75. The van der Waals surface area contributed by atoms with Crippen LogP contribution in [-0.2, 0) is 28.3 Å². The Morgan fingerprint density at radius 3 is 2.14 bits per heavy atom. The van der Waals surface area contributed by atoms with E-state index in [-0.39, 0.29) is 12.3 Å². The molecular formula is C18H21NO2S. The predicted molar refractivity (Wildman–Crippen MR) is 90.7 cm³/mol. The minimum absolute atomic E-state index is 0.118. The second kappa shape index (κ2) is 8.73. The lowest BCUT2D eigenvalue weighted by molar-refractivity contribution is -0.119. The van der Waals surface area contributed by atoms with Crippen molar-refractivity contribution in [3.8, 4) is 0 Å². The van der Waals surface area contributed by atoms with Crippen molar-refractivity contribution in [2.45, 2.75) is 18.6 Å². The summed E-state index contributed by atoms with van der Waals surface area (Å²) in [6.45, 7) is 0.228. The van der Waals surface area contributed by atoms with Crippen molar-refractivity contribution in [3.05, 3.63) is 71.8 Å². The zero-order chi connectivity index (χ0) is 15.8. The topological polar surface area (TPSA) is 43.4 Å². The van der Waals surface area contributed by atoms with Crippen LogP contribution in [-0.4, -0.2) is 28.2 Å². The third-order valence-electron chi connectivity index (χ3n) is 3.41. The molecule has 0 heterocycles. The van der Waals surface area contributed by atoms with Gasteiger partial charge in [0.1, 0.15) is 6.54 Å². The van der Waals surface area contributed by atoms with E-state index in [4.69, 9.17) is 0 Å². The van der Waals surface area contributed by atoms with E-state index in [0.717, 1.165) is 17.5 Å². The maximum absolute atomic E-state index is 12.2. The molecule has 0 aliphatic heterocycles. The van der Waals surface area contributed by atoms with E-state index in [0.29, 0.717) is 12.2 Å². The second-order valence-corrected chi connectivity index (χ2v) is 6.82. The van der Waals surface area contributed by atoms with Gasteiger partial charge in [0.15, 0.2) is 11.5 Å². The van der Waals surface area contributed by atoms with Gasteiger partial charge in [-0.25, -0.2) is 0 Å². The molecule has 2 aromatic carbocycles. The largest absolute Gasteiger partial charge is 0.598 e. The maximum atomic E-state index is 12.2. The molecule has 0 bridgehead atoms. The summed E-state index contributed by atoms with van der Waals surface area (Å²) in [7, 11) is 1.74. The first-order chi connectivity index (χ1) is 10.6. The molecule has 0 spiro atoms. The summed E-state index contributed by atoms with van der Waals surface area (Å²) >= 11 is -1.17. The van der Waals surface area contributed by atoms with Crippen molar-refractivity contribution in [3.63, 3.8) is 0 Å². The molecule has 4 heteroatoms. The van der Waals surface area contributed by atoms with E-state index in [1.54, 1.807) is 11.4 Å². The molecule has 0 radical (unpaired) electrons. The van der Waals surface area contributed by atoms with Crippen LogP contribution in [0.3, 0.4) is 0 Å². The van der Waals surface area contributed by atoms with Crippen molar-refractivity contribution in [1.82, 2.24) is 4.31 Å². The monoisotopic (exact) mass is 315 g/mol. The van der Waals surface area contributed by atoms with Crippen molar-refractivity contribution in [1.29, 1.82) is 0 Å². The Labute approximate surface area is 135 Å². The summed E-state index contributed by atoms with van der Waals surface area (Å²) in [6, 6.07) is 19.6. The highest BCUT2D eigenvalue weighted by Crippen LogP contribution is 2.10. The van der Waals surface area contributed by atoms with E-state index in [9.17, 15) is 9.35 Å². The van der Waals surface area contributed by atoms with E-state index in [1.165, 1.54) is 0 Å². The van der Waals surface area contributed by atoms with Crippen LogP contribution in [0.25, 0.3) is 0 Å². The van der Waals surface area contributed by atoms with E-state index in [2.05, 4.69) is 0 Å². The second-order valence-electron chi connectivity index (χ2n) is 5.26. The molecule has 3 nitrogen and oxygen atoms in total. The number of rotatable bonds is 8. The first kappa shape index (κ1) is 16.7. The Hall–Kier alpha value is -1.62. The summed E-state index contributed by atoms with van der Waals surface area (Å²) in [5.41, 5.74) is 2.17. The summed E-state index contributed by atoms with van der Waals surface area (Å²) in [6.07, 6.45) is 1.22. The molecule has 0 aliphatic rings. The Morgan fingerprint density at radius 2 is 1.55 bits per heavy atom. The molecule has 0 N–H and O–H groups in total. The molecule has 22 heavy (non-hydrogen) atoms. The zero-order valence-corrected chi connectivity index (χ0v) is 13.6. The molecular weight excluding hydrogens is 294 g/mol. The lowest BCUT2D eigenvalue weighted by atomic mass is 10.1. The number of likely N-dealkylation sites (N-methyl/N-ethyl adjacent to an activating group) is 1. The van der Waals surface area contributed by atoms with Crippen LogP contribution < -0.4 is 0 Å². The Bertz CT molecular complexity index is 574. The number of hydrogen-bond donors (Lipinski definition) is 0. The average Bonchev–Trinajstić information content (AvgIpc) is 2.55. The lowest BCUT2D eigenvalue weighted by Gasteiger charge is -2.19. The summed E-state index contributed by atoms with van der Waals surface area (Å²) < 4.78 is 13.8. The van der Waals surface area contributed by atoms with Gasteiger partial charge in [-0.3, -0.25) is 4.79 Å². The number of Topliss-reactive ketones (excluding diaryl/α,β-unsaturated/α-hetero) is 1. The standard InChI is InChI=1S/C18H21NO2S/c1-19(22(21)15-17-10-6-3-7-11-17)14-18(20)13-12-16-8-4-2-5-9-16/h2-11H,12-15H2,1H3. The molecule has 1 atom stereocenters. The molecule has 0 fully saturated rings. The van der Waals surface area contributed by atoms with Crippen LogP contribution >= 0.6 is 0 Å². The van der Waals surface area contributed by atoms with Crippen molar-refractivity contribution in [2.75, 3.05) is 13.6 Å². The summed E-state index contributed by atoms with van der Waals surface area (Å²) in [4.78, 5) is 12.0. The van der Waals surface area contributed by atoms with E-state index in [1.807, 2.05) is 60.7 Å². The molecule has 1 unspecified atom stereocenters. The predicted octanol–water partition coefficient (Wildman–Crippen LogP) is 2.98. The van der Waals surface area contributed by atoms with Gasteiger partial charge >= 0.3 is 0 Å². The third kappa shape index (κ3) is 5.64. The van der Waals surface area contributed by atoms with Crippen molar-refractivity contribution in [2.24, 2.45) is 0 Å². The average molecular weight is 315 g/mol. The van der Waals surface area contributed by atoms with E-state index < -0.39 is 11.4 Å². The number of carbonyl (C=O) groups is 1. The summed E-state index contributed by atoms with van der Waals surface area (Å²) in [5, 5.41) is 0. The van der Waals surface area contributed by atoms with Crippen molar-refractivity contribution >= 4 is 17.1 Å². The molecule has 0 amide bonds. The fraction of sp³-hybridized carbons (Fsp3) is 0.278. The molecule has 2 rings (SSSR count). The minimum atomic E-state index is -1.17. The van der Waals surface area contributed by atoms with Gasteiger partial charge in [-0.05, 0) is 12.0 Å². The number of benzene rings is 2.